The fourth-order valence-electron chi connectivity index (χ4n) is 1.68. The molecule has 20 heavy (non-hydrogen) atoms. The lowest BCUT2D eigenvalue weighted by atomic mass is 10.2. The average molecular weight is 339 g/mol. The van der Waals surface area contributed by atoms with Crippen LogP contribution in [0.1, 0.15) is 13.3 Å². The molecule has 0 atom stereocenters. The van der Waals surface area contributed by atoms with Gasteiger partial charge in [-0.2, -0.15) is 0 Å². The van der Waals surface area contributed by atoms with Crippen LogP contribution >= 0.6 is 15.9 Å². The van der Waals surface area contributed by atoms with Gasteiger partial charge in [-0.05, 0) is 52.7 Å². The van der Waals surface area contributed by atoms with Crippen molar-refractivity contribution in [2.75, 3.05) is 17.7 Å². The molecule has 3 N–H and O–H groups in total. The van der Waals surface area contributed by atoms with Gasteiger partial charge in [-0.1, -0.05) is 6.92 Å². The van der Waals surface area contributed by atoms with Gasteiger partial charge < -0.3 is 15.8 Å². The molecule has 0 aliphatic rings. The zero-order valence-electron chi connectivity index (χ0n) is 11.1. The van der Waals surface area contributed by atoms with Crippen molar-refractivity contribution < 1.29 is 9.13 Å². The average Bonchev–Trinajstić information content (AvgIpc) is 2.44. The van der Waals surface area contributed by atoms with Gasteiger partial charge in [-0.3, -0.25) is 0 Å². The van der Waals surface area contributed by atoms with Crippen LogP contribution in [0, 0.1) is 5.82 Å². The van der Waals surface area contributed by atoms with Crippen molar-refractivity contribution >= 4 is 33.0 Å². The highest BCUT2D eigenvalue weighted by molar-refractivity contribution is 9.10. The van der Waals surface area contributed by atoms with E-state index in [4.69, 9.17) is 10.5 Å². The molecule has 0 radical (unpaired) electrons. The van der Waals surface area contributed by atoms with Crippen molar-refractivity contribution in [3.63, 3.8) is 0 Å². The van der Waals surface area contributed by atoms with E-state index < -0.39 is 0 Å². The Hall–Kier alpha value is -1.75. The Balaban J connectivity index is 2.12. The van der Waals surface area contributed by atoms with Crippen LogP contribution in [-0.2, 0) is 0 Å². The Bertz CT molecular complexity index is 587. The molecule has 0 unspecified atom stereocenters. The summed E-state index contributed by atoms with van der Waals surface area (Å²) in [6.45, 7) is 2.76. The lowest BCUT2D eigenvalue weighted by Gasteiger charge is -2.11. The molecule has 0 heterocycles. The SMILES string of the molecule is CCCOc1ccc(Nc2cc(Br)c(F)cc2N)cc1. The molecule has 0 aromatic heterocycles. The van der Waals surface area contributed by atoms with E-state index in [0.717, 1.165) is 17.9 Å². The van der Waals surface area contributed by atoms with E-state index in [9.17, 15) is 4.39 Å². The summed E-state index contributed by atoms with van der Waals surface area (Å²) in [5, 5.41) is 3.15. The molecule has 2 aromatic carbocycles. The van der Waals surface area contributed by atoms with Crippen LogP contribution in [0.4, 0.5) is 21.5 Å². The minimum absolute atomic E-state index is 0.358. The Morgan fingerprint density at radius 3 is 2.60 bits per heavy atom. The molecule has 5 heteroatoms. The number of rotatable bonds is 5. The van der Waals surface area contributed by atoms with Crippen LogP contribution in [0.25, 0.3) is 0 Å². The van der Waals surface area contributed by atoms with Crippen LogP contribution in [0.15, 0.2) is 40.9 Å². The zero-order valence-corrected chi connectivity index (χ0v) is 12.7. The van der Waals surface area contributed by atoms with E-state index in [0.29, 0.717) is 22.5 Å². The monoisotopic (exact) mass is 338 g/mol. The van der Waals surface area contributed by atoms with E-state index in [2.05, 4.69) is 28.2 Å². The second-order valence-corrected chi connectivity index (χ2v) is 5.21. The molecule has 0 saturated carbocycles. The van der Waals surface area contributed by atoms with Crippen LogP contribution in [0.2, 0.25) is 0 Å². The van der Waals surface area contributed by atoms with Crippen molar-refractivity contribution in [2.45, 2.75) is 13.3 Å². The van der Waals surface area contributed by atoms with Gasteiger partial charge in [-0.25, -0.2) is 4.39 Å². The first-order valence-electron chi connectivity index (χ1n) is 6.34. The molecule has 2 rings (SSSR count). The van der Waals surface area contributed by atoms with Crippen molar-refractivity contribution in [3.8, 4) is 5.75 Å². The van der Waals surface area contributed by atoms with E-state index in [-0.39, 0.29) is 5.82 Å². The summed E-state index contributed by atoms with van der Waals surface area (Å²) in [5.74, 6) is 0.446. The largest absolute Gasteiger partial charge is 0.494 e. The third-order valence-electron chi connectivity index (χ3n) is 2.70. The van der Waals surface area contributed by atoms with Gasteiger partial charge in [0.15, 0.2) is 0 Å². The molecule has 0 aliphatic carbocycles. The van der Waals surface area contributed by atoms with Crippen LogP contribution in [-0.4, -0.2) is 6.61 Å². The summed E-state index contributed by atoms with van der Waals surface area (Å²) >= 11 is 3.14. The highest BCUT2D eigenvalue weighted by Crippen LogP contribution is 2.29. The number of nitrogens with one attached hydrogen (secondary N) is 1. The summed E-state index contributed by atoms with van der Waals surface area (Å²) in [5.41, 5.74) is 7.66. The number of nitrogen functional groups attached to an aromatic ring is 1. The van der Waals surface area contributed by atoms with Gasteiger partial charge in [-0.15, -0.1) is 0 Å². The molecule has 0 spiro atoms. The molecule has 106 valence electrons. The lowest BCUT2D eigenvalue weighted by Crippen LogP contribution is -1.98. The first-order chi connectivity index (χ1) is 9.60. The van der Waals surface area contributed by atoms with Crippen LogP contribution < -0.4 is 15.8 Å². The summed E-state index contributed by atoms with van der Waals surface area (Å²) < 4.78 is 19.2. The minimum atomic E-state index is -0.378. The standard InChI is InChI=1S/C15H16BrFN2O/c1-2-7-20-11-5-3-10(4-6-11)19-15-8-12(16)13(17)9-14(15)18/h3-6,8-9,19H,2,7,18H2,1H3. The first kappa shape index (κ1) is 14.7. The number of halogens is 2. The molecule has 0 aliphatic heterocycles. The third kappa shape index (κ3) is 3.63. The normalized spacial score (nSPS) is 10.3. The van der Waals surface area contributed by atoms with Crippen molar-refractivity contribution in [3.05, 3.63) is 46.7 Å². The highest BCUT2D eigenvalue weighted by Gasteiger charge is 2.06. The van der Waals surface area contributed by atoms with E-state index >= 15 is 0 Å². The molecule has 0 saturated heterocycles. The van der Waals surface area contributed by atoms with Crippen molar-refractivity contribution in [1.29, 1.82) is 0 Å². The van der Waals surface area contributed by atoms with Gasteiger partial charge in [0.05, 0.1) is 22.5 Å². The van der Waals surface area contributed by atoms with E-state index in [1.165, 1.54) is 6.07 Å². The lowest BCUT2D eigenvalue weighted by molar-refractivity contribution is 0.317. The Kier molecular flexibility index (Phi) is 4.84. The summed E-state index contributed by atoms with van der Waals surface area (Å²) in [6.07, 6.45) is 0.972. The van der Waals surface area contributed by atoms with Crippen molar-refractivity contribution in [2.24, 2.45) is 0 Å². The van der Waals surface area contributed by atoms with Crippen molar-refractivity contribution in [1.82, 2.24) is 0 Å². The molecule has 2 aromatic rings. The third-order valence-corrected chi connectivity index (χ3v) is 3.31. The van der Waals surface area contributed by atoms with Gasteiger partial charge in [0.2, 0.25) is 0 Å². The number of hydrogen-bond acceptors (Lipinski definition) is 3. The van der Waals surface area contributed by atoms with Gasteiger partial charge in [0, 0.05) is 11.8 Å². The molecular weight excluding hydrogens is 323 g/mol. The Morgan fingerprint density at radius 2 is 1.95 bits per heavy atom. The molecule has 0 bridgehead atoms. The predicted molar refractivity (Wildman–Crippen MR) is 84.0 cm³/mol. The maximum Gasteiger partial charge on any atom is 0.139 e. The number of hydrogen-bond donors (Lipinski definition) is 2. The second-order valence-electron chi connectivity index (χ2n) is 4.35. The summed E-state index contributed by atoms with van der Waals surface area (Å²) in [7, 11) is 0. The molecule has 0 amide bonds. The van der Waals surface area contributed by atoms with E-state index in [1.807, 2.05) is 24.3 Å². The maximum atomic E-state index is 13.3. The summed E-state index contributed by atoms with van der Waals surface area (Å²) in [6, 6.07) is 10.4. The number of anilines is 3. The minimum Gasteiger partial charge on any atom is -0.494 e. The molecular formula is C15H16BrFN2O. The number of nitrogens with two attached hydrogens (primary N) is 1. The Labute approximate surface area is 126 Å². The van der Waals surface area contributed by atoms with Crippen LogP contribution in [0.3, 0.4) is 0 Å². The fourth-order valence-corrected chi connectivity index (χ4v) is 2.02. The zero-order chi connectivity index (χ0) is 14.5. The second kappa shape index (κ2) is 6.61. The van der Waals surface area contributed by atoms with E-state index in [1.54, 1.807) is 6.07 Å². The smallest absolute Gasteiger partial charge is 0.139 e. The van der Waals surface area contributed by atoms with Crippen LogP contribution in [0.5, 0.6) is 5.75 Å². The van der Waals surface area contributed by atoms with Gasteiger partial charge in [0.1, 0.15) is 11.6 Å². The predicted octanol–water partition coefficient (Wildman–Crippen LogP) is 4.70. The maximum absolute atomic E-state index is 13.3. The molecule has 3 nitrogen and oxygen atoms in total. The number of benzene rings is 2. The highest BCUT2D eigenvalue weighted by atomic mass is 79.9. The van der Waals surface area contributed by atoms with Gasteiger partial charge in [0.25, 0.3) is 0 Å². The number of ether oxygens (including phenoxy) is 1. The Morgan fingerprint density at radius 1 is 1.25 bits per heavy atom. The fraction of sp³-hybridized carbons (Fsp3) is 0.200. The van der Waals surface area contributed by atoms with Gasteiger partial charge >= 0.3 is 0 Å². The molecule has 0 fully saturated rings. The summed E-state index contributed by atoms with van der Waals surface area (Å²) in [4.78, 5) is 0. The first-order valence-corrected chi connectivity index (χ1v) is 7.14. The topological polar surface area (TPSA) is 47.3 Å². The quantitative estimate of drug-likeness (QED) is 0.776.